The number of nitro benzene ring substituents is 1. The minimum Gasteiger partial charge on any atom is -0.495 e. The van der Waals surface area contributed by atoms with Gasteiger partial charge in [0, 0.05) is 68.4 Å². The quantitative estimate of drug-likeness (QED) is 0.297. The van der Waals surface area contributed by atoms with Crippen molar-refractivity contribution in [2.45, 2.75) is 18.9 Å². The van der Waals surface area contributed by atoms with Crippen molar-refractivity contribution in [1.29, 1.82) is 0 Å². The number of benzene rings is 3. The van der Waals surface area contributed by atoms with Crippen molar-refractivity contribution in [3.05, 3.63) is 88.0 Å². The Balaban J connectivity index is 1.34. The molecule has 2 amide bonds. The van der Waals surface area contributed by atoms with Crippen LogP contribution in [0.1, 0.15) is 33.6 Å². The molecule has 5 rings (SSSR count). The molecule has 0 bridgehead atoms. The summed E-state index contributed by atoms with van der Waals surface area (Å²) in [5.41, 5.74) is 2.90. The maximum absolute atomic E-state index is 13.4. The average molecular weight is 560 g/mol. The molecule has 1 atom stereocenters. The predicted octanol–water partition coefficient (Wildman–Crippen LogP) is 4.09. The predicted molar refractivity (Wildman–Crippen MR) is 156 cm³/mol. The van der Waals surface area contributed by atoms with E-state index in [1.54, 1.807) is 19.2 Å². The smallest absolute Gasteiger partial charge is 0.269 e. The Hall–Kier alpha value is -4.64. The van der Waals surface area contributed by atoms with E-state index in [0.717, 1.165) is 43.1 Å². The molecule has 2 aliphatic heterocycles. The third-order valence-corrected chi connectivity index (χ3v) is 7.40. The van der Waals surface area contributed by atoms with E-state index in [1.807, 2.05) is 30.3 Å². The van der Waals surface area contributed by atoms with E-state index in [1.165, 1.54) is 24.3 Å². The third-order valence-electron chi connectivity index (χ3n) is 7.40. The van der Waals surface area contributed by atoms with Crippen LogP contribution in [0.2, 0.25) is 0 Å². The standard InChI is InChI=1S/C30H33N5O6/c1-40-28-7-3-2-6-27(28)34-16-14-33(15-17-34)26-13-10-22(19-25(26)30(37)31-20-24-5-4-18-41-24)32-29(36)21-8-11-23(12-9-21)35(38)39/h2-3,6-13,19,24H,4-5,14-18,20H2,1H3,(H,31,37)(H,32,36). The first-order chi connectivity index (χ1) is 19.9. The third kappa shape index (κ3) is 6.58. The van der Waals surface area contributed by atoms with Gasteiger partial charge in [-0.3, -0.25) is 19.7 Å². The second-order valence-corrected chi connectivity index (χ2v) is 9.98. The molecule has 2 saturated heterocycles. The van der Waals surface area contributed by atoms with E-state index in [-0.39, 0.29) is 23.3 Å². The largest absolute Gasteiger partial charge is 0.495 e. The molecule has 0 saturated carbocycles. The van der Waals surface area contributed by atoms with Gasteiger partial charge in [0.15, 0.2) is 0 Å². The highest BCUT2D eigenvalue weighted by Crippen LogP contribution is 2.31. The number of methoxy groups -OCH3 is 1. The highest BCUT2D eigenvalue weighted by Gasteiger charge is 2.25. The van der Waals surface area contributed by atoms with Crippen molar-refractivity contribution in [2.24, 2.45) is 0 Å². The summed E-state index contributed by atoms with van der Waals surface area (Å²) in [6.45, 7) is 3.99. The lowest BCUT2D eigenvalue weighted by Gasteiger charge is -2.38. The number of hydrogen-bond acceptors (Lipinski definition) is 8. The van der Waals surface area contributed by atoms with Gasteiger partial charge in [-0.2, -0.15) is 0 Å². The first-order valence-corrected chi connectivity index (χ1v) is 13.7. The van der Waals surface area contributed by atoms with Crippen LogP contribution in [-0.2, 0) is 4.74 Å². The summed E-state index contributed by atoms with van der Waals surface area (Å²) in [4.78, 5) is 41.2. The van der Waals surface area contributed by atoms with Crippen LogP contribution in [-0.4, -0.2) is 69.3 Å². The summed E-state index contributed by atoms with van der Waals surface area (Å²) < 4.78 is 11.2. The number of piperazine rings is 1. The molecular weight excluding hydrogens is 526 g/mol. The zero-order chi connectivity index (χ0) is 28.8. The van der Waals surface area contributed by atoms with Crippen LogP contribution >= 0.6 is 0 Å². The number of anilines is 3. The fraction of sp³-hybridized carbons (Fsp3) is 0.333. The van der Waals surface area contributed by atoms with E-state index < -0.39 is 10.8 Å². The van der Waals surface area contributed by atoms with Crippen molar-refractivity contribution in [3.63, 3.8) is 0 Å². The molecule has 3 aromatic rings. The second kappa shape index (κ2) is 12.7. The lowest BCUT2D eigenvalue weighted by molar-refractivity contribution is -0.384. The zero-order valence-corrected chi connectivity index (χ0v) is 22.9. The topological polar surface area (TPSA) is 126 Å². The van der Waals surface area contributed by atoms with E-state index in [4.69, 9.17) is 9.47 Å². The Morgan fingerprint density at radius 2 is 1.68 bits per heavy atom. The normalized spacial score (nSPS) is 16.8. The van der Waals surface area contributed by atoms with Crippen molar-refractivity contribution >= 4 is 34.6 Å². The van der Waals surface area contributed by atoms with Crippen molar-refractivity contribution in [1.82, 2.24) is 5.32 Å². The summed E-state index contributed by atoms with van der Waals surface area (Å²) >= 11 is 0. The van der Waals surface area contributed by atoms with Crippen LogP contribution in [0.3, 0.4) is 0 Å². The van der Waals surface area contributed by atoms with E-state index in [2.05, 4.69) is 20.4 Å². The van der Waals surface area contributed by atoms with Crippen LogP contribution < -0.4 is 25.2 Å². The highest BCUT2D eigenvalue weighted by molar-refractivity contribution is 6.06. The molecule has 11 nitrogen and oxygen atoms in total. The number of para-hydroxylation sites is 2. The van der Waals surface area contributed by atoms with Gasteiger partial charge in [0.2, 0.25) is 0 Å². The maximum Gasteiger partial charge on any atom is 0.269 e. The number of hydrogen-bond donors (Lipinski definition) is 2. The molecule has 3 aromatic carbocycles. The average Bonchev–Trinajstić information content (AvgIpc) is 3.54. The van der Waals surface area contributed by atoms with Crippen LogP contribution in [0.15, 0.2) is 66.7 Å². The van der Waals surface area contributed by atoms with Crippen LogP contribution in [0, 0.1) is 10.1 Å². The number of non-ortho nitro benzene ring substituents is 1. The first-order valence-electron chi connectivity index (χ1n) is 13.7. The number of nitro groups is 1. The first kappa shape index (κ1) is 27.9. The molecule has 1 unspecified atom stereocenters. The van der Waals surface area contributed by atoms with Crippen molar-refractivity contribution in [3.8, 4) is 5.75 Å². The lowest BCUT2D eigenvalue weighted by atomic mass is 10.1. The van der Waals surface area contributed by atoms with E-state index in [9.17, 15) is 19.7 Å². The van der Waals surface area contributed by atoms with Crippen LogP contribution in [0.25, 0.3) is 0 Å². The Kier molecular flexibility index (Phi) is 8.64. The van der Waals surface area contributed by atoms with Crippen LogP contribution in [0.5, 0.6) is 5.75 Å². The van der Waals surface area contributed by atoms with Gasteiger partial charge in [-0.05, 0) is 55.3 Å². The van der Waals surface area contributed by atoms with Gasteiger partial charge in [0.25, 0.3) is 17.5 Å². The Labute approximate surface area is 238 Å². The maximum atomic E-state index is 13.4. The Morgan fingerprint density at radius 1 is 0.976 bits per heavy atom. The minimum absolute atomic E-state index is 0.00294. The SMILES string of the molecule is COc1ccccc1N1CCN(c2ccc(NC(=O)c3ccc([N+](=O)[O-])cc3)cc2C(=O)NCC2CCCO2)CC1. The number of carbonyl (C=O) groups is 2. The van der Waals surface area contributed by atoms with Gasteiger partial charge in [-0.15, -0.1) is 0 Å². The Morgan fingerprint density at radius 3 is 2.34 bits per heavy atom. The summed E-state index contributed by atoms with van der Waals surface area (Å²) in [5.74, 6) is 0.154. The van der Waals surface area contributed by atoms with Gasteiger partial charge < -0.3 is 29.9 Å². The van der Waals surface area contributed by atoms with Gasteiger partial charge in [-0.25, -0.2) is 0 Å². The molecule has 0 aromatic heterocycles. The number of amides is 2. The Bertz CT molecular complexity index is 1400. The highest BCUT2D eigenvalue weighted by atomic mass is 16.6. The molecule has 2 N–H and O–H groups in total. The fourth-order valence-corrected chi connectivity index (χ4v) is 5.20. The molecule has 2 aliphatic rings. The van der Waals surface area contributed by atoms with E-state index >= 15 is 0 Å². The minimum atomic E-state index is -0.516. The molecule has 0 radical (unpaired) electrons. The molecule has 2 fully saturated rings. The number of nitrogens with zero attached hydrogens (tertiary/aromatic N) is 3. The van der Waals surface area contributed by atoms with Crippen molar-refractivity contribution in [2.75, 3.05) is 61.6 Å². The zero-order valence-electron chi connectivity index (χ0n) is 22.9. The van der Waals surface area contributed by atoms with Gasteiger partial charge in [-0.1, -0.05) is 12.1 Å². The van der Waals surface area contributed by atoms with Gasteiger partial charge >= 0.3 is 0 Å². The van der Waals surface area contributed by atoms with Gasteiger partial charge in [0.05, 0.1) is 29.4 Å². The number of rotatable bonds is 9. The molecule has 41 heavy (non-hydrogen) atoms. The molecule has 11 heteroatoms. The molecule has 214 valence electrons. The number of ether oxygens (including phenoxy) is 2. The van der Waals surface area contributed by atoms with Crippen molar-refractivity contribution < 1.29 is 24.0 Å². The van der Waals surface area contributed by atoms with Gasteiger partial charge in [0.1, 0.15) is 5.75 Å². The summed E-state index contributed by atoms with van der Waals surface area (Å²) in [6, 6.07) is 18.6. The summed E-state index contributed by atoms with van der Waals surface area (Å²) in [7, 11) is 1.67. The van der Waals surface area contributed by atoms with Crippen LogP contribution in [0.4, 0.5) is 22.7 Å². The fourth-order valence-electron chi connectivity index (χ4n) is 5.20. The summed E-state index contributed by atoms with van der Waals surface area (Å²) in [6.07, 6.45) is 1.88. The number of carbonyl (C=O) groups excluding carboxylic acids is 2. The number of nitrogens with one attached hydrogen (secondary N) is 2. The second-order valence-electron chi connectivity index (χ2n) is 9.98. The summed E-state index contributed by atoms with van der Waals surface area (Å²) in [5, 5.41) is 16.8. The molecular formula is C30H33N5O6. The molecule has 2 heterocycles. The molecule has 0 aliphatic carbocycles. The lowest BCUT2D eigenvalue weighted by Crippen LogP contribution is -2.47. The molecule has 0 spiro atoms. The van der Waals surface area contributed by atoms with E-state index in [0.29, 0.717) is 37.5 Å². The monoisotopic (exact) mass is 559 g/mol.